The standard InChI is InChI=1S/C16H20O2/c1-2-15(13-9-5-3-6-10-13)18-16-12-8-4-7-11-14(16)17/h1,3,5-6,9-10,14-17H,4,7-8,11-12H2/t14-,15-,16+/m1/s1. The predicted octanol–water partition coefficient (Wildman–Crippen LogP) is 3.07. The lowest BCUT2D eigenvalue weighted by Crippen LogP contribution is -2.29. The van der Waals surface area contributed by atoms with E-state index in [-0.39, 0.29) is 18.3 Å². The molecule has 3 atom stereocenters. The van der Waals surface area contributed by atoms with Gasteiger partial charge in [0, 0.05) is 0 Å². The fourth-order valence-electron chi connectivity index (χ4n) is 2.43. The number of aliphatic hydroxyl groups is 1. The van der Waals surface area contributed by atoms with Crippen molar-refractivity contribution < 1.29 is 9.84 Å². The van der Waals surface area contributed by atoms with Gasteiger partial charge in [-0.15, -0.1) is 6.42 Å². The highest BCUT2D eigenvalue weighted by molar-refractivity contribution is 5.23. The summed E-state index contributed by atoms with van der Waals surface area (Å²) in [6, 6.07) is 9.79. The van der Waals surface area contributed by atoms with Crippen LogP contribution < -0.4 is 0 Å². The van der Waals surface area contributed by atoms with Crippen molar-refractivity contribution in [2.24, 2.45) is 0 Å². The monoisotopic (exact) mass is 244 g/mol. The smallest absolute Gasteiger partial charge is 0.143 e. The lowest BCUT2D eigenvalue weighted by Gasteiger charge is -2.24. The minimum Gasteiger partial charge on any atom is -0.390 e. The third-order valence-electron chi connectivity index (χ3n) is 3.48. The molecule has 1 fully saturated rings. The van der Waals surface area contributed by atoms with Crippen molar-refractivity contribution in [3.8, 4) is 12.3 Å². The van der Waals surface area contributed by atoms with Gasteiger partial charge in [-0.25, -0.2) is 0 Å². The highest BCUT2D eigenvalue weighted by atomic mass is 16.5. The van der Waals surface area contributed by atoms with E-state index in [2.05, 4.69) is 5.92 Å². The molecule has 0 amide bonds. The van der Waals surface area contributed by atoms with E-state index in [0.717, 1.165) is 31.2 Å². The Hall–Kier alpha value is -1.30. The molecule has 2 nitrogen and oxygen atoms in total. The lowest BCUT2D eigenvalue weighted by molar-refractivity contribution is -0.0620. The van der Waals surface area contributed by atoms with Crippen LogP contribution in [-0.2, 0) is 4.74 Å². The van der Waals surface area contributed by atoms with Crippen molar-refractivity contribution in [1.29, 1.82) is 0 Å². The zero-order chi connectivity index (χ0) is 12.8. The molecule has 2 heteroatoms. The van der Waals surface area contributed by atoms with Gasteiger partial charge < -0.3 is 9.84 Å². The Bertz CT molecular complexity index is 393. The average molecular weight is 244 g/mol. The van der Waals surface area contributed by atoms with Crippen LogP contribution in [0.4, 0.5) is 0 Å². The first-order chi connectivity index (χ1) is 8.81. The number of benzene rings is 1. The minimum atomic E-state index is -0.382. The number of hydrogen-bond acceptors (Lipinski definition) is 2. The highest BCUT2D eigenvalue weighted by Gasteiger charge is 2.25. The summed E-state index contributed by atoms with van der Waals surface area (Å²) in [6.07, 6.45) is 9.74. The molecular weight excluding hydrogens is 224 g/mol. The first-order valence-corrected chi connectivity index (χ1v) is 6.66. The van der Waals surface area contributed by atoms with Gasteiger partial charge in [0.2, 0.25) is 0 Å². The van der Waals surface area contributed by atoms with Gasteiger partial charge in [-0.3, -0.25) is 0 Å². The number of hydrogen-bond donors (Lipinski definition) is 1. The van der Waals surface area contributed by atoms with Crippen molar-refractivity contribution in [1.82, 2.24) is 0 Å². The molecule has 1 N–H and O–H groups in total. The summed E-state index contributed by atoms with van der Waals surface area (Å²) in [5.74, 6) is 2.67. The Morgan fingerprint density at radius 3 is 2.61 bits per heavy atom. The van der Waals surface area contributed by atoms with Crippen LogP contribution in [-0.4, -0.2) is 17.3 Å². The normalized spacial score (nSPS) is 26.0. The number of ether oxygens (including phenoxy) is 1. The van der Waals surface area contributed by atoms with Crippen LogP contribution in [0.5, 0.6) is 0 Å². The molecule has 2 rings (SSSR count). The third-order valence-corrected chi connectivity index (χ3v) is 3.48. The van der Waals surface area contributed by atoms with E-state index in [9.17, 15) is 5.11 Å². The predicted molar refractivity (Wildman–Crippen MR) is 72.0 cm³/mol. The van der Waals surface area contributed by atoms with Gasteiger partial charge in [-0.2, -0.15) is 0 Å². The second-order valence-corrected chi connectivity index (χ2v) is 4.84. The third kappa shape index (κ3) is 3.35. The van der Waals surface area contributed by atoms with Gasteiger partial charge in [-0.05, 0) is 18.4 Å². The van der Waals surface area contributed by atoms with Gasteiger partial charge in [0.15, 0.2) is 0 Å². The van der Waals surface area contributed by atoms with E-state index >= 15 is 0 Å². The Balaban J connectivity index is 2.04. The van der Waals surface area contributed by atoms with Crippen LogP contribution in [0.3, 0.4) is 0 Å². The zero-order valence-electron chi connectivity index (χ0n) is 10.6. The summed E-state index contributed by atoms with van der Waals surface area (Å²) in [6.45, 7) is 0. The number of terminal acetylenes is 1. The van der Waals surface area contributed by atoms with Crippen LogP contribution in [0.15, 0.2) is 30.3 Å². The summed E-state index contributed by atoms with van der Waals surface area (Å²) in [5, 5.41) is 10.0. The maximum atomic E-state index is 10.0. The molecule has 0 heterocycles. The van der Waals surface area contributed by atoms with Gasteiger partial charge in [0.05, 0.1) is 12.2 Å². The van der Waals surface area contributed by atoms with E-state index in [0.29, 0.717) is 0 Å². The molecule has 1 aliphatic carbocycles. The van der Waals surface area contributed by atoms with Crippen molar-refractivity contribution in [2.45, 2.75) is 50.4 Å². The molecule has 1 aromatic carbocycles. The molecule has 0 radical (unpaired) electrons. The minimum absolute atomic E-state index is 0.131. The quantitative estimate of drug-likeness (QED) is 0.654. The summed E-state index contributed by atoms with van der Waals surface area (Å²) >= 11 is 0. The summed E-state index contributed by atoms with van der Waals surface area (Å²) in [5.41, 5.74) is 0.983. The zero-order valence-corrected chi connectivity index (χ0v) is 10.6. The fourth-order valence-corrected chi connectivity index (χ4v) is 2.43. The van der Waals surface area contributed by atoms with E-state index in [4.69, 9.17) is 11.2 Å². The second-order valence-electron chi connectivity index (χ2n) is 4.84. The molecule has 96 valence electrons. The molecule has 1 saturated carbocycles. The van der Waals surface area contributed by atoms with Crippen LogP contribution in [0, 0.1) is 12.3 Å². The topological polar surface area (TPSA) is 29.5 Å². The molecule has 0 spiro atoms. The van der Waals surface area contributed by atoms with E-state index < -0.39 is 0 Å². The van der Waals surface area contributed by atoms with Crippen LogP contribution >= 0.6 is 0 Å². The number of aliphatic hydroxyl groups excluding tert-OH is 1. The van der Waals surface area contributed by atoms with Gasteiger partial charge in [0.25, 0.3) is 0 Å². The van der Waals surface area contributed by atoms with Crippen LogP contribution in [0.1, 0.15) is 43.8 Å². The maximum Gasteiger partial charge on any atom is 0.143 e. The summed E-state index contributed by atoms with van der Waals surface area (Å²) in [4.78, 5) is 0. The van der Waals surface area contributed by atoms with Crippen molar-refractivity contribution in [3.05, 3.63) is 35.9 Å². The van der Waals surface area contributed by atoms with Crippen molar-refractivity contribution in [2.75, 3.05) is 0 Å². The van der Waals surface area contributed by atoms with Crippen LogP contribution in [0.25, 0.3) is 0 Å². The fraction of sp³-hybridized carbons (Fsp3) is 0.500. The first-order valence-electron chi connectivity index (χ1n) is 6.66. The molecule has 18 heavy (non-hydrogen) atoms. The molecule has 0 unspecified atom stereocenters. The van der Waals surface area contributed by atoms with Crippen molar-refractivity contribution in [3.63, 3.8) is 0 Å². The Morgan fingerprint density at radius 1 is 1.17 bits per heavy atom. The molecule has 1 aliphatic rings. The highest BCUT2D eigenvalue weighted by Crippen LogP contribution is 2.26. The molecule has 0 aliphatic heterocycles. The first kappa shape index (κ1) is 13.1. The molecule has 0 saturated heterocycles. The number of rotatable bonds is 3. The van der Waals surface area contributed by atoms with Crippen molar-refractivity contribution >= 4 is 0 Å². The van der Waals surface area contributed by atoms with Gasteiger partial charge in [-0.1, -0.05) is 55.5 Å². The van der Waals surface area contributed by atoms with Gasteiger partial charge >= 0.3 is 0 Å². The van der Waals surface area contributed by atoms with E-state index in [1.54, 1.807) is 0 Å². The Labute approximate surface area is 109 Å². The van der Waals surface area contributed by atoms with Crippen LogP contribution in [0.2, 0.25) is 0 Å². The van der Waals surface area contributed by atoms with E-state index in [1.165, 1.54) is 6.42 Å². The van der Waals surface area contributed by atoms with Gasteiger partial charge in [0.1, 0.15) is 6.10 Å². The van der Waals surface area contributed by atoms with E-state index in [1.807, 2.05) is 30.3 Å². The maximum absolute atomic E-state index is 10.0. The second kappa shape index (κ2) is 6.58. The molecule has 0 bridgehead atoms. The molecule has 1 aromatic rings. The lowest BCUT2D eigenvalue weighted by atomic mass is 10.1. The summed E-state index contributed by atoms with van der Waals surface area (Å²) in [7, 11) is 0. The molecular formula is C16H20O2. The summed E-state index contributed by atoms with van der Waals surface area (Å²) < 4.78 is 5.93. The molecule has 0 aromatic heterocycles. The Kier molecular flexibility index (Phi) is 4.81. The Morgan fingerprint density at radius 2 is 1.89 bits per heavy atom. The average Bonchev–Trinajstić information content (AvgIpc) is 2.62. The SMILES string of the molecule is C#C[C@@H](O[C@H]1CCCCC[C@H]1O)c1ccccc1. The largest absolute Gasteiger partial charge is 0.390 e.